The topological polar surface area (TPSA) is 24.5 Å². The van der Waals surface area contributed by atoms with Gasteiger partial charge in [-0.25, -0.2) is 0 Å². The number of benzene rings is 1. The van der Waals surface area contributed by atoms with Crippen LogP contribution in [0.25, 0.3) is 0 Å². The molecular formula is C17H28N2O. The molecule has 3 heteroatoms. The molecule has 2 rings (SSSR count). The average Bonchev–Trinajstić information content (AvgIpc) is 2.47. The van der Waals surface area contributed by atoms with Crippen LogP contribution in [-0.2, 0) is 17.6 Å². The fraction of sp³-hybridized carbons (Fsp3) is 0.647. The molecule has 0 fully saturated rings. The Morgan fingerprint density at radius 2 is 2.05 bits per heavy atom. The van der Waals surface area contributed by atoms with Crippen molar-refractivity contribution >= 4 is 0 Å². The molecule has 0 aliphatic heterocycles. The Balaban J connectivity index is 1.67. The molecule has 0 bridgehead atoms. The Kier molecular flexibility index (Phi) is 6.51. The lowest BCUT2D eigenvalue weighted by molar-refractivity contribution is 0.196. The molecule has 1 aliphatic carbocycles. The minimum Gasteiger partial charge on any atom is -0.383 e. The molecule has 112 valence electrons. The predicted octanol–water partition coefficient (Wildman–Crippen LogP) is 1.96. The normalized spacial score (nSPS) is 18.2. The van der Waals surface area contributed by atoms with Gasteiger partial charge in [0.15, 0.2) is 0 Å². The van der Waals surface area contributed by atoms with E-state index in [1.165, 1.54) is 25.8 Å². The van der Waals surface area contributed by atoms with Gasteiger partial charge in [-0.05, 0) is 43.4 Å². The van der Waals surface area contributed by atoms with Crippen LogP contribution in [0.4, 0.5) is 0 Å². The van der Waals surface area contributed by atoms with Crippen LogP contribution in [-0.4, -0.2) is 51.8 Å². The third-order valence-corrected chi connectivity index (χ3v) is 4.17. The number of rotatable bonds is 8. The molecule has 0 heterocycles. The summed E-state index contributed by atoms with van der Waals surface area (Å²) < 4.78 is 5.03. The molecule has 1 aliphatic rings. The van der Waals surface area contributed by atoms with Crippen molar-refractivity contribution in [3.8, 4) is 0 Å². The molecule has 1 unspecified atom stereocenters. The average molecular weight is 276 g/mol. The maximum atomic E-state index is 5.03. The number of fused-ring (bicyclic) bond motifs is 1. The van der Waals surface area contributed by atoms with Crippen molar-refractivity contribution in [1.29, 1.82) is 0 Å². The maximum absolute atomic E-state index is 5.03. The molecule has 1 atom stereocenters. The van der Waals surface area contributed by atoms with E-state index in [9.17, 15) is 0 Å². The van der Waals surface area contributed by atoms with E-state index in [1.807, 2.05) is 0 Å². The summed E-state index contributed by atoms with van der Waals surface area (Å²) in [5.74, 6) is 0.814. The van der Waals surface area contributed by atoms with Gasteiger partial charge >= 0.3 is 0 Å². The highest BCUT2D eigenvalue weighted by Gasteiger charge is 2.19. The van der Waals surface area contributed by atoms with Gasteiger partial charge in [-0.15, -0.1) is 0 Å². The van der Waals surface area contributed by atoms with Gasteiger partial charge in [0.25, 0.3) is 0 Å². The lowest BCUT2D eigenvalue weighted by Gasteiger charge is -2.28. The van der Waals surface area contributed by atoms with Crippen molar-refractivity contribution in [3.05, 3.63) is 35.4 Å². The summed E-state index contributed by atoms with van der Waals surface area (Å²) >= 11 is 0. The summed E-state index contributed by atoms with van der Waals surface area (Å²) in [6, 6.07) is 8.92. The van der Waals surface area contributed by atoms with Gasteiger partial charge in [0.1, 0.15) is 0 Å². The van der Waals surface area contributed by atoms with Crippen molar-refractivity contribution in [2.75, 3.05) is 46.9 Å². The summed E-state index contributed by atoms with van der Waals surface area (Å²) in [5, 5.41) is 3.40. The third kappa shape index (κ3) is 4.89. The van der Waals surface area contributed by atoms with Crippen molar-refractivity contribution in [3.63, 3.8) is 0 Å². The second kappa shape index (κ2) is 8.40. The van der Waals surface area contributed by atoms with Gasteiger partial charge in [-0.3, -0.25) is 0 Å². The number of methoxy groups -OCH3 is 1. The first kappa shape index (κ1) is 15.5. The van der Waals surface area contributed by atoms with E-state index in [1.54, 1.807) is 18.2 Å². The lowest BCUT2D eigenvalue weighted by Crippen LogP contribution is -2.35. The van der Waals surface area contributed by atoms with Crippen molar-refractivity contribution in [1.82, 2.24) is 10.2 Å². The number of nitrogens with one attached hydrogen (secondary N) is 1. The highest BCUT2D eigenvalue weighted by Crippen LogP contribution is 2.25. The van der Waals surface area contributed by atoms with Crippen LogP contribution >= 0.6 is 0 Å². The summed E-state index contributed by atoms with van der Waals surface area (Å²) in [7, 11) is 3.98. The number of nitrogens with zero attached hydrogens (tertiary/aromatic N) is 1. The van der Waals surface area contributed by atoms with Crippen LogP contribution in [0.5, 0.6) is 0 Å². The zero-order valence-corrected chi connectivity index (χ0v) is 12.9. The Bertz CT molecular complexity index is 394. The Labute approximate surface area is 123 Å². The van der Waals surface area contributed by atoms with E-state index in [2.05, 4.69) is 41.5 Å². The smallest absolute Gasteiger partial charge is 0.0587 e. The minimum absolute atomic E-state index is 0.795. The second-order valence-corrected chi connectivity index (χ2v) is 5.88. The first-order valence-electron chi connectivity index (χ1n) is 7.74. The van der Waals surface area contributed by atoms with Gasteiger partial charge in [0, 0.05) is 33.3 Å². The molecule has 0 amide bonds. The van der Waals surface area contributed by atoms with Crippen molar-refractivity contribution < 1.29 is 4.74 Å². The van der Waals surface area contributed by atoms with Crippen molar-refractivity contribution in [2.24, 2.45) is 5.92 Å². The van der Waals surface area contributed by atoms with Gasteiger partial charge < -0.3 is 15.0 Å². The summed E-state index contributed by atoms with van der Waals surface area (Å²) in [6.45, 7) is 5.11. The number of likely N-dealkylation sites (N-methyl/N-ethyl adjacent to an activating group) is 1. The SMILES string of the molecule is COCCNCCN(C)CC1CCc2ccccc2C1. The van der Waals surface area contributed by atoms with Gasteiger partial charge in [-0.1, -0.05) is 24.3 Å². The molecule has 1 aromatic carbocycles. The highest BCUT2D eigenvalue weighted by molar-refractivity contribution is 5.29. The Hall–Kier alpha value is -0.900. The quantitative estimate of drug-likeness (QED) is 0.735. The van der Waals surface area contributed by atoms with E-state index in [0.717, 1.165) is 32.2 Å². The van der Waals surface area contributed by atoms with E-state index in [-0.39, 0.29) is 0 Å². The molecule has 1 aromatic rings. The van der Waals surface area contributed by atoms with E-state index in [4.69, 9.17) is 4.74 Å². The second-order valence-electron chi connectivity index (χ2n) is 5.88. The van der Waals surface area contributed by atoms with Crippen LogP contribution in [0.1, 0.15) is 17.5 Å². The Morgan fingerprint density at radius 1 is 1.25 bits per heavy atom. The van der Waals surface area contributed by atoms with E-state index < -0.39 is 0 Å². The number of ether oxygens (including phenoxy) is 1. The van der Waals surface area contributed by atoms with Crippen LogP contribution in [0.15, 0.2) is 24.3 Å². The zero-order valence-electron chi connectivity index (χ0n) is 12.9. The van der Waals surface area contributed by atoms with E-state index >= 15 is 0 Å². The summed E-state index contributed by atoms with van der Waals surface area (Å²) in [6.07, 6.45) is 3.83. The maximum Gasteiger partial charge on any atom is 0.0587 e. The number of hydrogen-bond donors (Lipinski definition) is 1. The first-order valence-corrected chi connectivity index (χ1v) is 7.74. The van der Waals surface area contributed by atoms with Gasteiger partial charge in [-0.2, -0.15) is 0 Å². The minimum atomic E-state index is 0.795. The third-order valence-electron chi connectivity index (χ3n) is 4.17. The molecule has 0 saturated heterocycles. The zero-order chi connectivity index (χ0) is 14.2. The number of aryl methyl sites for hydroxylation is 1. The van der Waals surface area contributed by atoms with Crippen LogP contribution < -0.4 is 5.32 Å². The Morgan fingerprint density at radius 3 is 2.85 bits per heavy atom. The molecule has 0 radical (unpaired) electrons. The molecular weight excluding hydrogens is 248 g/mol. The molecule has 0 spiro atoms. The molecule has 1 N–H and O–H groups in total. The van der Waals surface area contributed by atoms with Crippen LogP contribution in [0, 0.1) is 5.92 Å². The lowest BCUT2D eigenvalue weighted by atomic mass is 9.84. The number of hydrogen-bond acceptors (Lipinski definition) is 3. The molecule has 0 aromatic heterocycles. The first-order chi connectivity index (χ1) is 9.79. The van der Waals surface area contributed by atoms with E-state index in [0.29, 0.717) is 0 Å². The summed E-state index contributed by atoms with van der Waals surface area (Å²) in [5.41, 5.74) is 3.13. The van der Waals surface area contributed by atoms with Gasteiger partial charge in [0.05, 0.1) is 6.61 Å². The predicted molar refractivity (Wildman–Crippen MR) is 84.2 cm³/mol. The molecule has 3 nitrogen and oxygen atoms in total. The largest absolute Gasteiger partial charge is 0.383 e. The fourth-order valence-electron chi connectivity index (χ4n) is 3.03. The van der Waals surface area contributed by atoms with Crippen LogP contribution in [0.2, 0.25) is 0 Å². The molecule has 0 saturated carbocycles. The van der Waals surface area contributed by atoms with Gasteiger partial charge in [0.2, 0.25) is 0 Å². The highest BCUT2D eigenvalue weighted by atomic mass is 16.5. The monoisotopic (exact) mass is 276 g/mol. The standard InChI is InChI=1S/C17H28N2O/c1-19(11-9-18-10-12-20-2)14-15-7-8-16-5-3-4-6-17(16)13-15/h3-6,15,18H,7-14H2,1-2H3. The molecule has 20 heavy (non-hydrogen) atoms. The fourth-order valence-corrected chi connectivity index (χ4v) is 3.03. The van der Waals surface area contributed by atoms with Crippen molar-refractivity contribution in [2.45, 2.75) is 19.3 Å². The van der Waals surface area contributed by atoms with Crippen LogP contribution in [0.3, 0.4) is 0 Å². The summed E-state index contributed by atoms with van der Waals surface area (Å²) in [4.78, 5) is 2.46.